The Hall–Kier alpha value is -2.96. The predicted molar refractivity (Wildman–Crippen MR) is 128 cm³/mol. The van der Waals surface area contributed by atoms with E-state index in [9.17, 15) is 9.59 Å². The third-order valence-corrected chi connectivity index (χ3v) is 6.22. The SMILES string of the molecule is CCCCc1ccc(NC(=O)Cn2cnc3scc(-c4ccc(Cl)cc4)c3c2=O)cc1. The van der Waals surface area contributed by atoms with Gasteiger partial charge in [0.1, 0.15) is 11.4 Å². The van der Waals surface area contributed by atoms with Crippen LogP contribution in [-0.2, 0) is 17.8 Å². The first-order valence-corrected chi connectivity index (χ1v) is 11.4. The van der Waals surface area contributed by atoms with Gasteiger partial charge in [-0.3, -0.25) is 14.2 Å². The molecule has 7 heteroatoms. The fourth-order valence-corrected chi connectivity index (χ4v) is 4.45. The summed E-state index contributed by atoms with van der Waals surface area (Å²) in [6.07, 6.45) is 4.75. The second-order valence-corrected chi connectivity index (χ2v) is 8.66. The van der Waals surface area contributed by atoms with Crippen LogP contribution in [0.2, 0.25) is 5.02 Å². The van der Waals surface area contributed by atoms with Crippen molar-refractivity contribution in [1.29, 1.82) is 0 Å². The largest absolute Gasteiger partial charge is 0.325 e. The van der Waals surface area contributed by atoms with E-state index < -0.39 is 0 Å². The van der Waals surface area contributed by atoms with Crippen molar-refractivity contribution in [3.05, 3.63) is 81.2 Å². The fourth-order valence-electron chi connectivity index (χ4n) is 3.41. The van der Waals surface area contributed by atoms with Gasteiger partial charge in [0, 0.05) is 21.7 Å². The first-order valence-electron chi connectivity index (χ1n) is 10.2. The van der Waals surface area contributed by atoms with Crippen LogP contribution in [0, 0.1) is 0 Å². The summed E-state index contributed by atoms with van der Waals surface area (Å²) < 4.78 is 1.35. The van der Waals surface area contributed by atoms with E-state index in [1.807, 2.05) is 41.8 Å². The number of benzene rings is 2. The Bertz CT molecular complexity index is 1260. The molecule has 0 fully saturated rings. The molecule has 4 aromatic rings. The number of rotatable bonds is 7. The van der Waals surface area contributed by atoms with E-state index in [4.69, 9.17) is 11.6 Å². The van der Waals surface area contributed by atoms with Crippen LogP contribution in [-0.4, -0.2) is 15.5 Å². The Balaban J connectivity index is 1.54. The van der Waals surface area contributed by atoms with Crippen LogP contribution in [0.3, 0.4) is 0 Å². The van der Waals surface area contributed by atoms with Gasteiger partial charge in [-0.15, -0.1) is 11.3 Å². The Labute approximate surface area is 189 Å². The van der Waals surface area contributed by atoms with Gasteiger partial charge >= 0.3 is 0 Å². The molecule has 0 radical (unpaired) electrons. The van der Waals surface area contributed by atoms with Gasteiger partial charge in [0.2, 0.25) is 5.91 Å². The summed E-state index contributed by atoms with van der Waals surface area (Å²) >= 11 is 7.39. The lowest BCUT2D eigenvalue weighted by Gasteiger charge is -2.09. The number of anilines is 1. The molecule has 158 valence electrons. The number of fused-ring (bicyclic) bond motifs is 1. The highest BCUT2D eigenvalue weighted by molar-refractivity contribution is 7.17. The molecule has 4 rings (SSSR count). The zero-order chi connectivity index (χ0) is 21.8. The maximum atomic E-state index is 13.1. The number of aryl methyl sites for hydroxylation is 1. The lowest BCUT2D eigenvalue weighted by molar-refractivity contribution is -0.116. The number of hydrogen-bond donors (Lipinski definition) is 1. The minimum absolute atomic E-state index is 0.102. The molecule has 0 aliphatic carbocycles. The topological polar surface area (TPSA) is 64.0 Å². The minimum atomic E-state index is -0.271. The molecule has 0 unspecified atom stereocenters. The molecule has 2 heterocycles. The van der Waals surface area contributed by atoms with E-state index in [1.165, 1.54) is 27.8 Å². The average Bonchev–Trinajstić information content (AvgIpc) is 3.21. The van der Waals surface area contributed by atoms with Crippen LogP contribution >= 0.6 is 22.9 Å². The number of carbonyl (C=O) groups excluding carboxylic acids is 1. The Morgan fingerprint density at radius 1 is 1.13 bits per heavy atom. The number of nitrogens with zero attached hydrogens (tertiary/aromatic N) is 2. The number of hydrogen-bond acceptors (Lipinski definition) is 4. The van der Waals surface area contributed by atoms with Gasteiger partial charge in [0.25, 0.3) is 5.56 Å². The van der Waals surface area contributed by atoms with Gasteiger partial charge in [0.05, 0.1) is 11.7 Å². The molecule has 0 saturated carbocycles. The number of unbranched alkanes of at least 4 members (excludes halogenated alkanes) is 1. The van der Waals surface area contributed by atoms with E-state index in [0.29, 0.717) is 20.9 Å². The van der Waals surface area contributed by atoms with E-state index in [1.54, 1.807) is 12.1 Å². The molecular weight excluding hydrogens is 430 g/mol. The van der Waals surface area contributed by atoms with Crippen LogP contribution in [0.5, 0.6) is 0 Å². The molecule has 0 atom stereocenters. The highest BCUT2D eigenvalue weighted by Gasteiger charge is 2.15. The number of nitrogens with one attached hydrogen (secondary N) is 1. The van der Waals surface area contributed by atoms with Gasteiger partial charge in [-0.1, -0.05) is 49.2 Å². The normalized spacial score (nSPS) is 11.0. The maximum Gasteiger partial charge on any atom is 0.263 e. The third-order valence-electron chi connectivity index (χ3n) is 5.09. The molecule has 1 N–H and O–H groups in total. The number of halogens is 1. The van der Waals surface area contributed by atoms with Crippen molar-refractivity contribution in [2.24, 2.45) is 0 Å². The summed E-state index contributed by atoms with van der Waals surface area (Å²) in [6.45, 7) is 2.06. The van der Waals surface area contributed by atoms with E-state index in [2.05, 4.69) is 17.2 Å². The predicted octanol–water partition coefficient (Wildman–Crippen LogP) is 5.76. The summed E-state index contributed by atoms with van der Waals surface area (Å²) in [5.41, 5.74) is 3.41. The van der Waals surface area contributed by atoms with E-state index >= 15 is 0 Å². The van der Waals surface area contributed by atoms with Crippen molar-refractivity contribution in [3.63, 3.8) is 0 Å². The minimum Gasteiger partial charge on any atom is -0.325 e. The second-order valence-electron chi connectivity index (χ2n) is 7.36. The quantitative estimate of drug-likeness (QED) is 0.388. The first kappa shape index (κ1) is 21.3. The van der Waals surface area contributed by atoms with Crippen molar-refractivity contribution in [3.8, 4) is 11.1 Å². The molecule has 1 amide bonds. The summed E-state index contributed by atoms with van der Waals surface area (Å²) in [4.78, 5) is 30.7. The molecule has 0 saturated heterocycles. The third kappa shape index (κ3) is 4.86. The van der Waals surface area contributed by atoms with Crippen LogP contribution in [0.15, 0.2) is 65.0 Å². The van der Waals surface area contributed by atoms with Crippen molar-refractivity contribution < 1.29 is 4.79 Å². The standard InChI is InChI=1S/C24H22ClN3O2S/c1-2-3-4-16-5-11-19(12-6-16)27-21(29)13-28-15-26-23-22(24(28)30)20(14-31-23)17-7-9-18(25)10-8-17/h5-12,14-15H,2-4,13H2,1H3,(H,27,29). The van der Waals surface area contributed by atoms with Crippen LogP contribution in [0.25, 0.3) is 21.3 Å². The highest BCUT2D eigenvalue weighted by Crippen LogP contribution is 2.31. The molecule has 31 heavy (non-hydrogen) atoms. The lowest BCUT2D eigenvalue weighted by Crippen LogP contribution is -2.27. The Morgan fingerprint density at radius 3 is 2.58 bits per heavy atom. The first-order chi connectivity index (χ1) is 15.0. The van der Waals surface area contributed by atoms with Crippen LogP contribution in [0.4, 0.5) is 5.69 Å². The van der Waals surface area contributed by atoms with Crippen molar-refractivity contribution in [2.75, 3.05) is 5.32 Å². The summed E-state index contributed by atoms with van der Waals surface area (Å²) in [5, 5.41) is 5.92. The lowest BCUT2D eigenvalue weighted by atomic mass is 10.1. The second kappa shape index (κ2) is 9.45. The van der Waals surface area contributed by atoms with E-state index in [0.717, 1.165) is 30.4 Å². The Kier molecular flexibility index (Phi) is 6.49. The van der Waals surface area contributed by atoms with Gasteiger partial charge in [0.15, 0.2) is 0 Å². The molecule has 0 spiro atoms. The summed E-state index contributed by atoms with van der Waals surface area (Å²) in [7, 11) is 0. The van der Waals surface area contributed by atoms with Gasteiger partial charge in [-0.25, -0.2) is 4.98 Å². The zero-order valence-corrected chi connectivity index (χ0v) is 18.7. The molecule has 2 aromatic heterocycles. The number of carbonyl (C=O) groups is 1. The molecule has 5 nitrogen and oxygen atoms in total. The molecule has 0 aliphatic rings. The van der Waals surface area contributed by atoms with E-state index in [-0.39, 0.29) is 18.0 Å². The average molecular weight is 452 g/mol. The molecule has 0 aliphatic heterocycles. The van der Waals surface area contributed by atoms with Crippen LogP contribution < -0.4 is 10.9 Å². The molecule has 2 aromatic carbocycles. The number of amides is 1. The highest BCUT2D eigenvalue weighted by atomic mass is 35.5. The van der Waals surface area contributed by atoms with Crippen molar-refractivity contribution in [2.45, 2.75) is 32.7 Å². The van der Waals surface area contributed by atoms with Gasteiger partial charge < -0.3 is 5.32 Å². The van der Waals surface area contributed by atoms with Crippen LogP contribution in [0.1, 0.15) is 25.3 Å². The maximum absolute atomic E-state index is 13.1. The fraction of sp³-hybridized carbons (Fsp3) is 0.208. The van der Waals surface area contributed by atoms with Gasteiger partial charge in [-0.2, -0.15) is 0 Å². The van der Waals surface area contributed by atoms with Crippen molar-refractivity contribution >= 4 is 44.7 Å². The number of thiophene rings is 1. The summed E-state index contributed by atoms with van der Waals surface area (Å²) in [6, 6.07) is 15.2. The Morgan fingerprint density at radius 2 is 1.87 bits per heavy atom. The monoisotopic (exact) mass is 451 g/mol. The number of aromatic nitrogens is 2. The molecule has 0 bridgehead atoms. The van der Waals surface area contributed by atoms with Crippen molar-refractivity contribution in [1.82, 2.24) is 9.55 Å². The summed E-state index contributed by atoms with van der Waals surface area (Å²) in [5.74, 6) is -0.271. The smallest absolute Gasteiger partial charge is 0.263 e. The molecular formula is C24H22ClN3O2S. The van der Waals surface area contributed by atoms with Gasteiger partial charge in [-0.05, 0) is 48.2 Å². The zero-order valence-electron chi connectivity index (χ0n) is 17.1.